The number of ether oxygens (including phenoxy) is 1. The Hall–Kier alpha value is -0.870. The molecule has 1 aliphatic rings. The largest absolute Gasteiger partial charge is 0.460 e. The Kier molecular flexibility index (Phi) is 14.4. The highest BCUT2D eigenvalue weighted by Crippen LogP contribution is 2.38. The van der Waals surface area contributed by atoms with Crippen molar-refractivity contribution in [3.63, 3.8) is 0 Å². The van der Waals surface area contributed by atoms with Gasteiger partial charge in [-0.1, -0.05) is 90.0 Å². The molecule has 0 aromatic carbocycles. The second-order valence-electron chi connectivity index (χ2n) is 8.16. The minimum Gasteiger partial charge on any atom is -0.460 e. The highest BCUT2D eigenvalue weighted by molar-refractivity contribution is 5.81. The molecule has 4 nitrogen and oxygen atoms in total. The van der Waals surface area contributed by atoms with Gasteiger partial charge in [0.2, 0.25) is 0 Å². The minimum atomic E-state index is -0.988. The van der Waals surface area contributed by atoms with E-state index in [1.807, 2.05) is 6.08 Å². The number of rotatable bonds is 16. The molecule has 0 spiro atoms. The van der Waals surface area contributed by atoms with Crippen LogP contribution in [0.3, 0.4) is 0 Å². The number of hydrogen-bond acceptors (Lipinski definition) is 4. The number of aliphatic hydroxyl groups is 2. The lowest BCUT2D eigenvalue weighted by atomic mass is 9.87. The van der Waals surface area contributed by atoms with Gasteiger partial charge in [-0.2, -0.15) is 0 Å². The first-order valence-electron chi connectivity index (χ1n) is 11.3. The summed E-state index contributed by atoms with van der Waals surface area (Å²) in [5.74, 6) is 1.44. The van der Waals surface area contributed by atoms with Gasteiger partial charge in [0.05, 0.1) is 6.61 Å². The minimum absolute atomic E-state index is 0.151. The maximum absolute atomic E-state index is 11.4. The van der Waals surface area contributed by atoms with Crippen LogP contribution in [0.4, 0.5) is 0 Å². The van der Waals surface area contributed by atoms with E-state index < -0.39 is 18.7 Å². The summed E-state index contributed by atoms with van der Waals surface area (Å²) in [5, 5.41) is 17.8. The van der Waals surface area contributed by atoms with Crippen molar-refractivity contribution in [1.29, 1.82) is 0 Å². The molecule has 27 heavy (non-hydrogen) atoms. The number of esters is 1. The molecule has 0 radical (unpaired) electrons. The van der Waals surface area contributed by atoms with Crippen LogP contribution in [0.25, 0.3) is 0 Å². The summed E-state index contributed by atoms with van der Waals surface area (Å²) >= 11 is 0. The van der Waals surface area contributed by atoms with Gasteiger partial charge in [0, 0.05) is 6.08 Å². The van der Waals surface area contributed by atoms with Crippen LogP contribution in [0.15, 0.2) is 12.2 Å². The first-order chi connectivity index (χ1) is 13.2. The third-order valence-electron chi connectivity index (χ3n) is 5.82. The zero-order valence-electron chi connectivity index (χ0n) is 17.4. The molecule has 1 saturated carbocycles. The van der Waals surface area contributed by atoms with Gasteiger partial charge >= 0.3 is 5.97 Å². The van der Waals surface area contributed by atoms with Crippen LogP contribution >= 0.6 is 0 Å². The molecule has 0 heterocycles. The van der Waals surface area contributed by atoms with Crippen LogP contribution in [0, 0.1) is 11.8 Å². The first kappa shape index (κ1) is 24.2. The van der Waals surface area contributed by atoms with E-state index in [-0.39, 0.29) is 6.61 Å². The van der Waals surface area contributed by atoms with Crippen molar-refractivity contribution in [3.8, 4) is 0 Å². The molecule has 3 atom stereocenters. The average molecular weight is 383 g/mol. The van der Waals surface area contributed by atoms with Crippen LogP contribution in [0.2, 0.25) is 0 Å². The van der Waals surface area contributed by atoms with Crippen LogP contribution in [-0.2, 0) is 9.53 Å². The van der Waals surface area contributed by atoms with E-state index in [4.69, 9.17) is 14.9 Å². The molecule has 158 valence electrons. The van der Waals surface area contributed by atoms with E-state index in [1.165, 1.54) is 83.1 Å². The molecule has 0 aromatic rings. The summed E-state index contributed by atoms with van der Waals surface area (Å²) < 4.78 is 4.83. The standard InChI is InChI=1S/C23H42O4/c1-2-3-4-5-6-9-13-20-15-12-16-21(20)14-10-7-8-11-17-23(26)27-19-22(25)18-24/h11,17,20-22,24-25H,2-10,12-16,18-19H2,1H3/t20-,21-,22?/m0/s1. The molecule has 1 rings (SSSR count). The maximum atomic E-state index is 11.4. The van der Waals surface area contributed by atoms with Gasteiger partial charge < -0.3 is 14.9 Å². The van der Waals surface area contributed by atoms with E-state index in [2.05, 4.69) is 6.92 Å². The molecule has 0 bridgehead atoms. The monoisotopic (exact) mass is 382 g/mol. The summed E-state index contributed by atoms with van der Waals surface area (Å²) in [6.07, 6.45) is 21.0. The third kappa shape index (κ3) is 12.2. The van der Waals surface area contributed by atoms with E-state index in [0.717, 1.165) is 24.7 Å². The van der Waals surface area contributed by atoms with E-state index in [0.29, 0.717) is 0 Å². The summed E-state index contributed by atoms with van der Waals surface area (Å²) in [7, 11) is 0. The summed E-state index contributed by atoms with van der Waals surface area (Å²) in [4.78, 5) is 11.4. The van der Waals surface area contributed by atoms with Crippen LogP contribution in [-0.4, -0.2) is 35.5 Å². The normalized spacial score (nSPS) is 21.0. The van der Waals surface area contributed by atoms with Crippen LogP contribution in [0.5, 0.6) is 0 Å². The van der Waals surface area contributed by atoms with E-state index >= 15 is 0 Å². The van der Waals surface area contributed by atoms with E-state index in [1.54, 1.807) is 0 Å². The van der Waals surface area contributed by atoms with Crippen molar-refractivity contribution in [2.75, 3.05) is 13.2 Å². The third-order valence-corrected chi connectivity index (χ3v) is 5.82. The van der Waals surface area contributed by atoms with Gasteiger partial charge in [0.1, 0.15) is 12.7 Å². The topological polar surface area (TPSA) is 66.8 Å². The van der Waals surface area contributed by atoms with Crippen molar-refractivity contribution in [2.45, 2.75) is 103 Å². The van der Waals surface area contributed by atoms with Crippen molar-refractivity contribution < 1.29 is 19.7 Å². The molecule has 0 aliphatic heterocycles. The second-order valence-corrected chi connectivity index (χ2v) is 8.16. The van der Waals surface area contributed by atoms with Crippen molar-refractivity contribution >= 4 is 5.97 Å². The number of hydrogen-bond donors (Lipinski definition) is 2. The van der Waals surface area contributed by atoms with Gasteiger partial charge in [0.15, 0.2) is 0 Å². The smallest absolute Gasteiger partial charge is 0.330 e. The van der Waals surface area contributed by atoms with Crippen molar-refractivity contribution in [2.24, 2.45) is 11.8 Å². The fourth-order valence-corrected chi connectivity index (χ4v) is 4.19. The van der Waals surface area contributed by atoms with Gasteiger partial charge in [0.25, 0.3) is 0 Å². The molecular formula is C23H42O4. The summed E-state index contributed by atoms with van der Waals surface area (Å²) in [6, 6.07) is 0. The number of carbonyl (C=O) groups excluding carboxylic acids is 1. The molecule has 0 aromatic heterocycles. The number of aliphatic hydroxyl groups excluding tert-OH is 2. The molecule has 1 fully saturated rings. The molecule has 0 amide bonds. The Balaban J connectivity index is 2.04. The predicted molar refractivity (Wildman–Crippen MR) is 110 cm³/mol. The molecule has 1 unspecified atom stereocenters. The van der Waals surface area contributed by atoms with Gasteiger partial charge in [-0.3, -0.25) is 0 Å². The molecule has 2 N–H and O–H groups in total. The molecule has 4 heteroatoms. The second kappa shape index (κ2) is 16.1. The lowest BCUT2D eigenvalue weighted by molar-refractivity contribution is -0.141. The summed E-state index contributed by atoms with van der Waals surface area (Å²) in [5.41, 5.74) is 0. The molecular weight excluding hydrogens is 340 g/mol. The van der Waals surface area contributed by atoms with Crippen molar-refractivity contribution in [3.05, 3.63) is 12.2 Å². The Bertz CT molecular complexity index is 394. The zero-order valence-corrected chi connectivity index (χ0v) is 17.4. The Labute approximate surface area is 166 Å². The Morgan fingerprint density at radius 2 is 1.67 bits per heavy atom. The van der Waals surface area contributed by atoms with E-state index in [9.17, 15) is 4.79 Å². The quantitative estimate of drug-likeness (QED) is 0.220. The molecule has 1 aliphatic carbocycles. The number of allylic oxidation sites excluding steroid dienone is 1. The SMILES string of the molecule is CCCCCCCC[C@H]1CCC[C@@H]1CCCCC=CC(=O)OCC(O)CO. The average Bonchev–Trinajstić information content (AvgIpc) is 3.12. The summed E-state index contributed by atoms with van der Waals surface area (Å²) in [6.45, 7) is 1.73. The zero-order chi connectivity index (χ0) is 19.7. The van der Waals surface area contributed by atoms with Gasteiger partial charge in [-0.25, -0.2) is 4.79 Å². The maximum Gasteiger partial charge on any atom is 0.330 e. The predicted octanol–water partition coefficient (Wildman–Crippen LogP) is 5.17. The van der Waals surface area contributed by atoms with Gasteiger partial charge in [-0.15, -0.1) is 0 Å². The Morgan fingerprint density at radius 1 is 1.04 bits per heavy atom. The van der Waals surface area contributed by atoms with Crippen molar-refractivity contribution in [1.82, 2.24) is 0 Å². The highest BCUT2D eigenvalue weighted by atomic mass is 16.5. The molecule has 0 saturated heterocycles. The lowest BCUT2D eigenvalue weighted by Gasteiger charge is -2.19. The Morgan fingerprint density at radius 3 is 2.33 bits per heavy atom. The number of carbonyl (C=O) groups is 1. The fraction of sp³-hybridized carbons (Fsp3) is 0.870. The first-order valence-corrected chi connectivity index (χ1v) is 11.3. The van der Waals surface area contributed by atoms with Crippen LogP contribution < -0.4 is 0 Å². The van der Waals surface area contributed by atoms with Gasteiger partial charge in [-0.05, 0) is 24.7 Å². The number of unbranched alkanes of at least 4 members (excludes halogenated alkanes) is 7. The fourth-order valence-electron chi connectivity index (χ4n) is 4.19. The highest BCUT2D eigenvalue weighted by Gasteiger charge is 2.25. The van der Waals surface area contributed by atoms with Crippen LogP contribution in [0.1, 0.15) is 96.8 Å². The lowest BCUT2D eigenvalue weighted by Crippen LogP contribution is -2.21.